The van der Waals surface area contributed by atoms with Crippen molar-refractivity contribution in [2.24, 2.45) is 5.73 Å². The number of halogens is 1. The minimum atomic E-state index is -0.0646. The SMILES string of the molecule is CC(C)(C)c1[nH]nc(Cl)c1CC(=N)N. The van der Waals surface area contributed by atoms with Crippen LogP contribution in [-0.2, 0) is 11.8 Å². The van der Waals surface area contributed by atoms with E-state index < -0.39 is 0 Å². The van der Waals surface area contributed by atoms with Gasteiger partial charge in [-0.1, -0.05) is 32.4 Å². The smallest absolute Gasteiger partial charge is 0.154 e. The molecule has 0 fully saturated rings. The van der Waals surface area contributed by atoms with Gasteiger partial charge in [-0.3, -0.25) is 10.5 Å². The normalized spacial score (nSPS) is 11.7. The molecule has 4 N–H and O–H groups in total. The number of nitrogens with one attached hydrogen (secondary N) is 2. The van der Waals surface area contributed by atoms with Crippen LogP contribution in [0.1, 0.15) is 32.0 Å². The van der Waals surface area contributed by atoms with Crippen molar-refractivity contribution in [3.05, 3.63) is 16.4 Å². The van der Waals surface area contributed by atoms with Crippen molar-refractivity contribution in [3.63, 3.8) is 0 Å². The molecular weight excluding hydrogens is 200 g/mol. The zero-order valence-electron chi connectivity index (χ0n) is 8.61. The van der Waals surface area contributed by atoms with Crippen LogP contribution in [0.25, 0.3) is 0 Å². The van der Waals surface area contributed by atoms with Gasteiger partial charge in [0.1, 0.15) is 0 Å². The average Bonchev–Trinajstić information content (AvgIpc) is 2.30. The molecule has 0 atom stereocenters. The summed E-state index contributed by atoms with van der Waals surface area (Å²) in [5.74, 6) is 0.0961. The Bertz CT molecular complexity index is 348. The Morgan fingerprint density at radius 1 is 1.57 bits per heavy atom. The van der Waals surface area contributed by atoms with Crippen LogP contribution >= 0.6 is 11.6 Å². The maximum absolute atomic E-state index is 7.25. The van der Waals surface area contributed by atoms with Gasteiger partial charge in [0, 0.05) is 23.1 Å². The first kappa shape index (κ1) is 11.0. The van der Waals surface area contributed by atoms with Crippen molar-refractivity contribution in [2.45, 2.75) is 32.6 Å². The van der Waals surface area contributed by atoms with E-state index in [0.717, 1.165) is 11.3 Å². The molecule has 5 heteroatoms. The number of rotatable bonds is 2. The third-order valence-electron chi connectivity index (χ3n) is 1.93. The van der Waals surface area contributed by atoms with Crippen LogP contribution in [0.3, 0.4) is 0 Å². The highest BCUT2D eigenvalue weighted by Crippen LogP contribution is 2.28. The summed E-state index contributed by atoms with van der Waals surface area (Å²) in [7, 11) is 0. The predicted molar refractivity (Wildman–Crippen MR) is 57.9 cm³/mol. The lowest BCUT2D eigenvalue weighted by molar-refractivity contribution is 0.562. The molecule has 1 heterocycles. The molecule has 0 amide bonds. The number of H-pyrrole nitrogens is 1. The number of nitrogens with two attached hydrogens (primary N) is 1. The van der Waals surface area contributed by atoms with Crippen LogP contribution in [-0.4, -0.2) is 16.0 Å². The number of hydrogen-bond acceptors (Lipinski definition) is 2. The van der Waals surface area contributed by atoms with Gasteiger partial charge in [0.05, 0.1) is 5.84 Å². The van der Waals surface area contributed by atoms with Crippen molar-refractivity contribution >= 4 is 17.4 Å². The summed E-state index contributed by atoms with van der Waals surface area (Å²) in [6.07, 6.45) is 0.349. The zero-order valence-corrected chi connectivity index (χ0v) is 9.37. The van der Waals surface area contributed by atoms with Crippen LogP contribution in [0.5, 0.6) is 0 Å². The summed E-state index contributed by atoms with van der Waals surface area (Å²) < 4.78 is 0. The first-order valence-electron chi connectivity index (χ1n) is 4.38. The Labute approximate surface area is 88.3 Å². The summed E-state index contributed by atoms with van der Waals surface area (Å²) in [6.45, 7) is 6.17. The molecule has 4 nitrogen and oxygen atoms in total. The van der Waals surface area contributed by atoms with Gasteiger partial charge in [0.25, 0.3) is 0 Å². The largest absolute Gasteiger partial charge is 0.387 e. The monoisotopic (exact) mass is 214 g/mol. The Morgan fingerprint density at radius 2 is 2.14 bits per heavy atom. The van der Waals surface area contributed by atoms with Crippen LogP contribution in [0, 0.1) is 5.41 Å². The molecule has 0 radical (unpaired) electrons. The average molecular weight is 215 g/mol. The fraction of sp³-hybridized carbons (Fsp3) is 0.556. The van der Waals surface area contributed by atoms with Gasteiger partial charge in [-0.15, -0.1) is 0 Å². The summed E-state index contributed by atoms with van der Waals surface area (Å²) in [5.41, 5.74) is 7.05. The van der Waals surface area contributed by atoms with Crippen molar-refractivity contribution in [1.82, 2.24) is 10.2 Å². The third kappa shape index (κ3) is 2.26. The third-order valence-corrected chi connectivity index (χ3v) is 2.25. The summed E-state index contributed by atoms with van der Waals surface area (Å²) in [4.78, 5) is 0. The molecule has 0 saturated heterocycles. The second kappa shape index (κ2) is 3.61. The molecule has 1 aromatic rings. The van der Waals surface area contributed by atoms with E-state index >= 15 is 0 Å². The maximum Gasteiger partial charge on any atom is 0.154 e. The quantitative estimate of drug-likeness (QED) is 0.519. The Kier molecular flexibility index (Phi) is 2.85. The number of amidine groups is 1. The first-order valence-corrected chi connectivity index (χ1v) is 4.76. The second-order valence-electron chi connectivity index (χ2n) is 4.32. The molecule has 14 heavy (non-hydrogen) atoms. The number of hydrogen-bond donors (Lipinski definition) is 3. The van der Waals surface area contributed by atoms with Gasteiger partial charge in [0.15, 0.2) is 5.15 Å². The Balaban J connectivity index is 3.13. The topological polar surface area (TPSA) is 78.5 Å². The molecule has 0 aliphatic rings. The lowest BCUT2D eigenvalue weighted by Crippen LogP contribution is -2.19. The van der Waals surface area contributed by atoms with Crippen molar-refractivity contribution in [3.8, 4) is 0 Å². The fourth-order valence-electron chi connectivity index (χ4n) is 1.32. The Morgan fingerprint density at radius 3 is 2.57 bits per heavy atom. The van der Waals surface area contributed by atoms with E-state index in [-0.39, 0.29) is 11.3 Å². The van der Waals surface area contributed by atoms with Crippen molar-refractivity contribution in [2.75, 3.05) is 0 Å². The molecule has 0 unspecified atom stereocenters. The van der Waals surface area contributed by atoms with E-state index in [0.29, 0.717) is 11.6 Å². The molecule has 0 spiro atoms. The molecule has 1 aromatic heterocycles. The number of nitrogens with zero attached hydrogens (tertiary/aromatic N) is 1. The molecule has 0 saturated carbocycles. The Hall–Kier alpha value is -1.03. The van der Waals surface area contributed by atoms with E-state index in [1.807, 2.05) is 0 Å². The summed E-state index contributed by atoms with van der Waals surface area (Å²) in [6, 6.07) is 0. The maximum atomic E-state index is 7.25. The van der Waals surface area contributed by atoms with Gasteiger partial charge in [-0.25, -0.2) is 0 Å². The molecule has 0 aliphatic carbocycles. The highest BCUT2D eigenvalue weighted by atomic mass is 35.5. The molecule has 78 valence electrons. The van der Waals surface area contributed by atoms with Gasteiger partial charge in [-0.05, 0) is 0 Å². The minimum Gasteiger partial charge on any atom is -0.387 e. The highest BCUT2D eigenvalue weighted by Gasteiger charge is 2.23. The van der Waals surface area contributed by atoms with E-state index in [2.05, 4.69) is 31.0 Å². The molecule has 0 aromatic carbocycles. The summed E-state index contributed by atoms with van der Waals surface area (Å²) in [5, 5.41) is 14.5. The van der Waals surface area contributed by atoms with Crippen LogP contribution in [0.4, 0.5) is 0 Å². The molecule has 1 rings (SSSR count). The van der Waals surface area contributed by atoms with Gasteiger partial charge < -0.3 is 5.73 Å². The van der Waals surface area contributed by atoms with Crippen molar-refractivity contribution in [1.29, 1.82) is 5.41 Å². The van der Waals surface area contributed by atoms with E-state index in [1.165, 1.54) is 0 Å². The molecule has 0 bridgehead atoms. The van der Waals surface area contributed by atoms with Crippen LogP contribution < -0.4 is 5.73 Å². The molecule has 0 aliphatic heterocycles. The van der Waals surface area contributed by atoms with E-state index in [1.54, 1.807) is 0 Å². The van der Waals surface area contributed by atoms with E-state index in [4.69, 9.17) is 22.7 Å². The minimum absolute atomic E-state index is 0.0646. The van der Waals surface area contributed by atoms with E-state index in [9.17, 15) is 0 Å². The second-order valence-corrected chi connectivity index (χ2v) is 4.68. The van der Waals surface area contributed by atoms with Gasteiger partial charge in [-0.2, -0.15) is 5.10 Å². The number of aromatic nitrogens is 2. The fourth-order valence-corrected chi connectivity index (χ4v) is 1.52. The predicted octanol–water partition coefficient (Wildman–Crippen LogP) is 1.84. The first-order chi connectivity index (χ1) is 6.32. The zero-order chi connectivity index (χ0) is 10.9. The van der Waals surface area contributed by atoms with Gasteiger partial charge >= 0.3 is 0 Å². The standard InChI is InChI=1S/C9H15ClN4/c1-9(2,3)7-5(4-6(11)12)8(10)14-13-7/h4H2,1-3H3,(H3,11,12)(H,13,14). The van der Waals surface area contributed by atoms with Gasteiger partial charge in [0.2, 0.25) is 0 Å². The highest BCUT2D eigenvalue weighted by molar-refractivity contribution is 6.30. The molecular formula is C9H15ClN4. The lowest BCUT2D eigenvalue weighted by atomic mass is 9.88. The van der Waals surface area contributed by atoms with Crippen molar-refractivity contribution < 1.29 is 0 Å². The lowest BCUT2D eigenvalue weighted by Gasteiger charge is -2.18. The summed E-state index contributed by atoms with van der Waals surface area (Å²) >= 11 is 5.90. The number of aromatic amines is 1. The van der Waals surface area contributed by atoms with Crippen LogP contribution in [0.2, 0.25) is 5.15 Å². The van der Waals surface area contributed by atoms with Crippen LogP contribution in [0.15, 0.2) is 0 Å².